The lowest BCUT2D eigenvalue weighted by Crippen LogP contribution is -2.50. The van der Waals surface area contributed by atoms with Crippen molar-refractivity contribution < 1.29 is 28.2 Å². The number of ether oxygens (including phenoxy) is 1. The average Bonchev–Trinajstić information content (AvgIpc) is 2.82. The summed E-state index contributed by atoms with van der Waals surface area (Å²) < 4.78 is 30.6. The molecule has 0 saturated carbocycles. The van der Waals surface area contributed by atoms with Gasteiger partial charge in [0.05, 0.1) is 25.2 Å². The lowest BCUT2D eigenvalue weighted by atomic mass is 9.90. The van der Waals surface area contributed by atoms with Crippen LogP contribution < -0.4 is 20.1 Å². The molecule has 37 heavy (non-hydrogen) atoms. The third-order valence-electron chi connectivity index (χ3n) is 5.59. The molecule has 0 saturated heterocycles. The molecule has 0 radical (unpaired) electrons. The number of halogens is 2. The number of anilines is 2. The van der Waals surface area contributed by atoms with Gasteiger partial charge in [0.1, 0.15) is 17.0 Å². The van der Waals surface area contributed by atoms with Crippen molar-refractivity contribution in [3.05, 3.63) is 81.8 Å². The van der Waals surface area contributed by atoms with Crippen LogP contribution in [0.15, 0.2) is 60.7 Å². The highest BCUT2D eigenvalue weighted by Crippen LogP contribution is 2.30. The van der Waals surface area contributed by atoms with Crippen molar-refractivity contribution in [3.8, 4) is 11.5 Å². The van der Waals surface area contributed by atoms with Crippen molar-refractivity contribution in [1.82, 2.24) is 5.32 Å². The van der Waals surface area contributed by atoms with E-state index in [1.165, 1.54) is 25.3 Å². The number of sulfonamides is 1. The van der Waals surface area contributed by atoms with Gasteiger partial charge in [-0.25, -0.2) is 8.42 Å². The van der Waals surface area contributed by atoms with Crippen LogP contribution in [-0.4, -0.2) is 44.4 Å². The second kappa shape index (κ2) is 11.6. The number of benzene rings is 3. The molecule has 2 atom stereocenters. The molecule has 198 valence electrons. The first-order valence-corrected chi connectivity index (χ1v) is 13.6. The summed E-state index contributed by atoms with van der Waals surface area (Å²) in [5.74, 6) is -0.145. The minimum atomic E-state index is -3.66. The van der Waals surface area contributed by atoms with Gasteiger partial charge >= 0.3 is 0 Å². The van der Waals surface area contributed by atoms with E-state index in [0.29, 0.717) is 32.6 Å². The first-order chi connectivity index (χ1) is 17.3. The first kappa shape index (κ1) is 28.5. The SMILES string of the molecule is COc1ccc([C@](C)(NC[C@H](O)c2ccc(O)c(NS(C)(=O)=O)c2)C(=O)Nc2cc(Cl)cc(Cl)c2)cc1. The molecular weight excluding hydrogens is 541 g/mol. The zero-order chi connectivity index (χ0) is 27.4. The van der Waals surface area contributed by atoms with Crippen LogP contribution in [0.2, 0.25) is 10.0 Å². The third-order valence-corrected chi connectivity index (χ3v) is 6.62. The van der Waals surface area contributed by atoms with Crippen LogP contribution in [-0.2, 0) is 20.4 Å². The summed E-state index contributed by atoms with van der Waals surface area (Å²) in [5.41, 5.74) is -0.133. The molecule has 0 aliphatic carbocycles. The minimum Gasteiger partial charge on any atom is -0.506 e. The fraction of sp³-hybridized carbons (Fsp3) is 0.240. The topological polar surface area (TPSA) is 137 Å². The zero-order valence-corrected chi connectivity index (χ0v) is 22.6. The Morgan fingerprint density at radius 2 is 1.68 bits per heavy atom. The number of amides is 1. The monoisotopic (exact) mass is 567 g/mol. The number of rotatable bonds is 10. The molecule has 1 amide bonds. The highest BCUT2D eigenvalue weighted by Gasteiger charge is 2.36. The summed E-state index contributed by atoms with van der Waals surface area (Å²) in [6.07, 6.45) is -0.213. The van der Waals surface area contributed by atoms with Crippen LogP contribution in [0.1, 0.15) is 24.2 Å². The lowest BCUT2D eigenvalue weighted by molar-refractivity contribution is -0.122. The van der Waals surface area contributed by atoms with Crippen LogP contribution in [0.5, 0.6) is 11.5 Å². The number of methoxy groups -OCH3 is 1. The normalized spacial score (nSPS) is 13.9. The Bertz CT molecular complexity index is 1370. The smallest absolute Gasteiger partial charge is 0.249 e. The summed E-state index contributed by atoms with van der Waals surface area (Å²) in [6, 6.07) is 15.6. The zero-order valence-electron chi connectivity index (χ0n) is 20.2. The fourth-order valence-corrected chi connectivity index (χ4v) is 4.67. The number of carbonyl (C=O) groups is 1. The van der Waals surface area contributed by atoms with Crippen LogP contribution >= 0.6 is 23.2 Å². The summed E-state index contributed by atoms with van der Waals surface area (Å²) in [6.45, 7) is 1.55. The number of hydrogen-bond acceptors (Lipinski definition) is 7. The molecule has 0 unspecified atom stereocenters. The number of nitrogens with one attached hydrogen (secondary N) is 3. The van der Waals surface area contributed by atoms with Crippen molar-refractivity contribution in [2.24, 2.45) is 0 Å². The molecule has 3 rings (SSSR count). The van der Waals surface area contributed by atoms with Crippen LogP contribution in [0.25, 0.3) is 0 Å². The number of aromatic hydroxyl groups is 1. The fourth-order valence-electron chi connectivity index (χ4n) is 3.58. The summed E-state index contributed by atoms with van der Waals surface area (Å²) in [7, 11) is -2.13. The van der Waals surface area contributed by atoms with Crippen molar-refractivity contribution in [2.75, 3.05) is 29.9 Å². The van der Waals surface area contributed by atoms with Crippen LogP contribution in [0, 0.1) is 0 Å². The Morgan fingerprint density at radius 1 is 1.05 bits per heavy atom. The van der Waals surface area contributed by atoms with Gasteiger partial charge in [-0.3, -0.25) is 14.8 Å². The predicted molar refractivity (Wildman–Crippen MR) is 145 cm³/mol. The number of phenols is 1. The molecule has 3 aromatic carbocycles. The maximum Gasteiger partial charge on any atom is 0.249 e. The maximum atomic E-state index is 13.5. The molecule has 12 heteroatoms. The highest BCUT2D eigenvalue weighted by atomic mass is 35.5. The molecule has 0 heterocycles. The summed E-state index contributed by atoms with van der Waals surface area (Å²) in [4.78, 5) is 13.5. The number of aliphatic hydroxyl groups excluding tert-OH is 1. The maximum absolute atomic E-state index is 13.5. The Morgan fingerprint density at radius 3 is 2.24 bits per heavy atom. The van der Waals surface area contributed by atoms with E-state index in [4.69, 9.17) is 27.9 Å². The van der Waals surface area contributed by atoms with E-state index in [-0.39, 0.29) is 18.0 Å². The van der Waals surface area contributed by atoms with Crippen molar-refractivity contribution >= 4 is 50.5 Å². The standard InChI is InChI=1S/C25H27Cl2N3O6S/c1-25(16-5-7-20(36-2)8-6-16,24(33)29-19-12-17(26)11-18(27)13-19)28-14-23(32)15-4-9-22(31)21(10-15)30-37(3,34)35/h4-13,23,28,30-32H,14H2,1-3H3,(H,29,33)/t23-,25-/m0/s1. The van der Waals surface area contributed by atoms with Gasteiger partial charge in [-0.05, 0) is 60.5 Å². The van der Waals surface area contributed by atoms with E-state index in [9.17, 15) is 23.4 Å². The van der Waals surface area contributed by atoms with E-state index in [2.05, 4.69) is 15.4 Å². The number of aliphatic hydroxyl groups is 1. The van der Waals surface area contributed by atoms with Crippen molar-refractivity contribution in [2.45, 2.75) is 18.6 Å². The van der Waals surface area contributed by atoms with E-state index in [1.807, 2.05) is 0 Å². The van der Waals surface area contributed by atoms with E-state index in [0.717, 1.165) is 6.26 Å². The van der Waals surface area contributed by atoms with Gasteiger partial charge in [-0.15, -0.1) is 0 Å². The molecule has 0 aliphatic rings. The third kappa shape index (κ3) is 7.50. The van der Waals surface area contributed by atoms with Gasteiger partial charge in [0.2, 0.25) is 15.9 Å². The molecule has 0 fully saturated rings. The first-order valence-electron chi connectivity index (χ1n) is 11.0. The summed E-state index contributed by atoms with van der Waals surface area (Å²) in [5, 5.41) is 27.5. The largest absolute Gasteiger partial charge is 0.506 e. The molecule has 0 aliphatic heterocycles. The van der Waals surface area contributed by atoms with Crippen LogP contribution in [0.4, 0.5) is 11.4 Å². The molecule has 3 aromatic rings. The molecule has 0 aromatic heterocycles. The predicted octanol–water partition coefficient (Wildman–Crippen LogP) is 4.26. The van der Waals surface area contributed by atoms with Gasteiger partial charge in [0, 0.05) is 22.3 Å². The molecule has 0 spiro atoms. The lowest BCUT2D eigenvalue weighted by Gasteiger charge is -2.31. The summed E-state index contributed by atoms with van der Waals surface area (Å²) >= 11 is 12.1. The van der Waals surface area contributed by atoms with Crippen LogP contribution in [0.3, 0.4) is 0 Å². The number of phenolic OH excluding ortho intramolecular Hbond substituents is 1. The minimum absolute atomic E-state index is 0.0763. The number of carbonyl (C=O) groups excluding carboxylic acids is 1. The molecule has 0 bridgehead atoms. The highest BCUT2D eigenvalue weighted by molar-refractivity contribution is 7.92. The van der Waals surface area contributed by atoms with Crippen molar-refractivity contribution in [1.29, 1.82) is 0 Å². The number of hydrogen-bond donors (Lipinski definition) is 5. The van der Waals surface area contributed by atoms with Gasteiger partial charge in [0.25, 0.3) is 0 Å². The van der Waals surface area contributed by atoms with Crippen molar-refractivity contribution in [3.63, 3.8) is 0 Å². The quantitative estimate of drug-likeness (QED) is 0.231. The van der Waals surface area contributed by atoms with Gasteiger partial charge in [0.15, 0.2) is 0 Å². The molecular formula is C25H27Cl2N3O6S. The Kier molecular flexibility index (Phi) is 8.93. The second-order valence-electron chi connectivity index (χ2n) is 8.51. The molecule has 9 nitrogen and oxygen atoms in total. The Balaban J connectivity index is 1.89. The van der Waals surface area contributed by atoms with E-state index >= 15 is 0 Å². The van der Waals surface area contributed by atoms with E-state index in [1.54, 1.807) is 49.4 Å². The second-order valence-corrected chi connectivity index (χ2v) is 11.1. The average molecular weight is 568 g/mol. The van der Waals surface area contributed by atoms with Gasteiger partial charge in [-0.1, -0.05) is 41.4 Å². The Labute approximate surface area is 225 Å². The van der Waals surface area contributed by atoms with E-state index < -0.39 is 27.6 Å². The molecule has 5 N–H and O–H groups in total. The Hall–Kier alpha value is -3.02. The van der Waals surface area contributed by atoms with Gasteiger partial charge in [-0.2, -0.15) is 0 Å². The van der Waals surface area contributed by atoms with Gasteiger partial charge < -0.3 is 20.3 Å².